The Balaban J connectivity index is 1.50. The molecule has 0 fully saturated rings. The van der Waals surface area contributed by atoms with E-state index in [1.807, 2.05) is 6.07 Å². The Morgan fingerprint density at radius 3 is 2.32 bits per heavy atom. The molecule has 2 aromatic carbocycles. The third kappa shape index (κ3) is 4.41. The average Bonchev–Trinajstić information content (AvgIpc) is 3.22. The SMILES string of the molecule is CCN(c1ccccc1)S(=O)(=O)c1ccc(Oc2ccc(-c3noc(C)n3)cc2)nc1. The summed E-state index contributed by atoms with van der Waals surface area (Å²) in [5.41, 5.74) is 1.39. The van der Waals surface area contributed by atoms with Crippen LogP contribution in [-0.2, 0) is 10.0 Å². The van der Waals surface area contributed by atoms with Gasteiger partial charge in [0.15, 0.2) is 0 Å². The first kappa shape index (κ1) is 20.5. The number of rotatable bonds is 7. The Morgan fingerprint density at radius 1 is 1.00 bits per heavy atom. The number of sulfonamides is 1. The van der Waals surface area contributed by atoms with Crippen molar-refractivity contribution in [3.8, 4) is 23.0 Å². The Bertz CT molecular complexity index is 1260. The quantitative estimate of drug-likeness (QED) is 0.422. The highest BCUT2D eigenvalue weighted by Crippen LogP contribution is 2.26. The van der Waals surface area contributed by atoms with Gasteiger partial charge in [-0.3, -0.25) is 4.31 Å². The number of aryl methyl sites for hydroxylation is 1. The molecule has 0 saturated heterocycles. The first-order valence-corrected chi connectivity index (χ1v) is 11.0. The van der Waals surface area contributed by atoms with E-state index in [-0.39, 0.29) is 10.8 Å². The van der Waals surface area contributed by atoms with E-state index in [4.69, 9.17) is 9.26 Å². The van der Waals surface area contributed by atoms with Crippen LogP contribution in [0.5, 0.6) is 11.6 Å². The number of anilines is 1. The molecule has 4 rings (SSSR count). The molecule has 158 valence electrons. The van der Waals surface area contributed by atoms with Crippen molar-refractivity contribution in [2.75, 3.05) is 10.8 Å². The number of pyridine rings is 1. The third-order valence-corrected chi connectivity index (χ3v) is 6.38. The zero-order valence-corrected chi connectivity index (χ0v) is 17.8. The molecule has 0 spiro atoms. The lowest BCUT2D eigenvalue weighted by atomic mass is 10.2. The molecule has 0 saturated carbocycles. The van der Waals surface area contributed by atoms with Gasteiger partial charge in [0.05, 0.1) is 11.9 Å². The molecular formula is C22H20N4O4S. The van der Waals surface area contributed by atoms with Crippen LogP contribution in [-0.4, -0.2) is 30.1 Å². The molecule has 0 N–H and O–H groups in total. The summed E-state index contributed by atoms with van der Waals surface area (Å²) in [5.74, 6) is 1.82. The van der Waals surface area contributed by atoms with Crippen LogP contribution >= 0.6 is 0 Å². The predicted molar refractivity (Wildman–Crippen MR) is 115 cm³/mol. The molecular weight excluding hydrogens is 416 g/mol. The Morgan fingerprint density at radius 2 is 1.74 bits per heavy atom. The minimum absolute atomic E-state index is 0.0911. The third-order valence-electron chi connectivity index (χ3n) is 4.49. The average molecular weight is 436 g/mol. The van der Waals surface area contributed by atoms with E-state index in [0.717, 1.165) is 5.56 Å². The number of hydrogen-bond acceptors (Lipinski definition) is 7. The summed E-state index contributed by atoms with van der Waals surface area (Å²) in [7, 11) is -3.74. The lowest BCUT2D eigenvalue weighted by Gasteiger charge is -2.22. The molecule has 0 atom stereocenters. The smallest absolute Gasteiger partial charge is 0.265 e. The summed E-state index contributed by atoms with van der Waals surface area (Å²) in [6, 6.07) is 19.1. The van der Waals surface area contributed by atoms with Gasteiger partial charge in [0.25, 0.3) is 10.0 Å². The number of para-hydroxylation sites is 1. The van der Waals surface area contributed by atoms with Gasteiger partial charge >= 0.3 is 0 Å². The molecule has 0 bridgehead atoms. The summed E-state index contributed by atoms with van der Waals surface area (Å²) in [6.45, 7) is 3.81. The normalized spacial score (nSPS) is 11.3. The van der Waals surface area contributed by atoms with Gasteiger partial charge in [-0.05, 0) is 49.4 Å². The largest absolute Gasteiger partial charge is 0.439 e. The lowest BCUT2D eigenvalue weighted by molar-refractivity contribution is 0.394. The van der Waals surface area contributed by atoms with Gasteiger partial charge < -0.3 is 9.26 Å². The highest BCUT2D eigenvalue weighted by atomic mass is 32.2. The van der Waals surface area contributed by atoms with Crippen molar-refractivity contribution >= 4 is 15.7 Å². The van der Waals surface area contributed by atoms with E-state index in [1.54, 1.807) is 62.4 Å². The second-order valence-electron chi connectivity index (χ2n) is 6.60. The molecule has 0 aliphatic rings. The van der Waals surface area contributed by atoms with Crippen molar-refractivity contribution in [3.63, 3.8) is 0 Å². The topological polar surface area (TPSA) is 98.4 Å². The Hall–Kier alpha value is -3.72. The van der Waals surface area contributed by atoms with Crippen molar-refractivity contribution < 1.29 is 17.7 Å². The molecule has 0 amide bonds. The van der Waals surface area contributed by atoms with Crippen molar-refractivity contribution in [2.24, 2.45) is 0 Å². The summed E-state index contributed by atoms with van der Waals surface area (Å²) in [6.07, 6.45) is 1.30. The summed E-state index contributed by atoms with van der Waals surface area (Å²) in [5, 5.41) is 3.88. The number of hydrogen-bond donors (Lipinski definition) is 0. The molecule has 0 radical (unpaired) electrons. The molecule has 31 heavy (non-hydrogen) atoms. The van der Waals surface area contributed by atoms with E-state index >= 15 is 0 Å². The summed E-state index contributed by atoms with van der Waals surface area (Å²) in [4.78, 5) is 8.44. The van der Waals surface area contributed by atoms with Gasteiger partial charge in [0, 0.05) is 25.1 Å². The minimum Gasteiger partial charge on any atom is -0.439 e. The number of aromatic nitrogens is 3. The number of nitrogens with zero attached hydrogens (tertiary/aromatic N) is 4. The van der Waals surface area contributed by atoms with Crippen LogP contribution < -0.4 is 9.04 Å². The molecule has 2 aromatic heterocycles. The van der Waals surface area contributed by atoms with E-state index in [1.165, 1.54) is 22.6 Å². The Kier molecular flexibility index (Phi) is 5.68. The first-order valence-electron chi connectivity index (χ1n) is 9.60. The van der Waals surface area contributed by atoms with Crippen LogP contribution in [0.3, 0.4) is 0 Å². The lowest BCUT2D eigenvalue weighted by Crippen LogP contribution is -2.30. The zero-order valence-electron chi connectivity index (χ0n) is 17.0. The first-order chi connectivity index (χ1) is 15.0. The fourth-order valence-corrected chi connectivity index (χ4v) is 4.42. The molecule has 0 aliphatic heterocycles. The van der Waals surface area contributed by atoms with Crippen molar-refractivity contribution in [3.05, 3.63) is 78.8 Å². The van der Waals surface area contributed by atoms with E-state index in [2.05, 4.69) is 15.1 Å². The molecule has 9 heteroatoms. The molecule has 0 aliphatic carbocycles. The van der Waals surface area contributed by atoms with Crippen molar-refractivity contribution in [2.45, 2.75) is 18.7 Å². The van der Waals surface area contributed by atoms with Crippen molar-refractivity contribution in [1.29, 1.82) is 0 Å². The second kappa shape index (κ2) is 8.57. The van der Waals surface area contributed by atoms with Crippen molar-refractivity contribution in [1.82, 2.24) is 15.1 Å². The second-order valence-corrected chi connectivity index (χ2v) is 8.46. The van der Waals surface area contributed by atoms with E-state index < -0.39 is 10.0 Å². The van der Waals surface area contributed by atoms with Gasteiger partial charge in [0.1, 0.15) is 10.6 Å². The van der Waals surface area contributed by atoms with Gasteiger partial charge in [-0.25, -0.2) is 13.4 Å². The van der Waals surface area contributed by atoms with Crippen LogP contribution in [0.2, 0.25) is 0 Å². The summed E-state index contributed by atoms with van der Waals surface area (Å²) >= 11 is 0. The zero-order chi connectivity index (χ0) is 21.8. The van der Waals surface area contributed by atoms with E-state index in [0.29, 0.717) is 29.7 Å². The summed E-state index contributed by atoms with van der Waals surface area (Å²) < 4.78 is 38.1. The highest BCUT2D eigenvalue weighted by molar-refractivity contribution is 7.92. The van der Waals surface area contributed by atoms with Gasteiger partial charge in [-0.1, -0.05) is 23.4 Å². The molecule has 2 heterocycles. The fourth-order valence-electron chi connectivity index (χ4n) is 3.00. The van der Waals surface area contributed by atoms with Gasteiger partial charge in [-0.2, -0.15) is 4.98 Å². The standard InChI is InChI=1S/C22H20N4O4S/c1-3-26(18-7-5-4-6-8-18)31(27,28)20-13-14-21(23-15-20)29-19-11-9-17(10-12-19)22-24-16(2)30-25-22/h4-15H,3H2,1-2H3. The van der Waals surface area contributed by atoms with Gasteiger partial charge in [-0.15, -0.1) is 0 Å². The van der Waals surface area contributed by atoms with Crippen LogP contribution in [0.25, 0.3) is 11.4 Å². The Labute approximate surface area is 180 Å². The highest BCUT2D eigenvalue weighted by Gasteiger charge is 2.24. The molecule has 4 aromatic rings. The number of ether oxygens (including phenoxy) is 1. The maximum atomic E-state index is 13.0. The molecule has 8 nitrogen and oxygen atoms in total. The van der Waals surface area contributed by atoms with Crippen LogP contribution in [0.4, 0.5) is 5.69 Å². The van der Waals surface area contributed by atoms with Crippen LogP contribution in [0.15, 0.2) is 82.3 Å². The minimum atomic E-state index is -3.74. The predicted octanol–water partition coefficient (Wildman–Crippen LogP) is 4.45. The molecule has 0 unspecified atom stereocenters. The monoisotopic (exact) mass is 436 g/mol. The van der Waals surface area contributed by atoms with E-state index in [9.17, 15) is 8.42 Å². The van der Waals surface area contributed by atoms with Gasteiger partial charge in [0.2, 0.25) is 17.6 Å². The number of benzene rings is 2. The fraction of sp³-hybridized carbons (Fsp3) is 0.136. The maximum Gasteiger partial charge on any atom is 0.265 e. The maximum absolute atomic E-state index is 13.0. The van der Waals surface area contributed by atoms with Crippen LogP contribution in [0.1, 0.15) is 12.8 Å². The van der Waals surface area contributed by atoms with Crippen LogP contribution in [0, 0.1) is 6.92 Å².